The molecule has 100 valence electrons. The van der Waals surface area contributed by atoms with Gasteiger partial charge in [-0.25, -0.2) is 9.37 Å². The van der Waals surface area contributed by atoms with Crippen molar-refractivity contribution in [2.24, 2.45) is 5.73 Å². The van der Waals surface area contributed by atoms with Crippen LogP contribution in [0.5, 0.6) is 0 Å². The van der Waals surface area contributed by atoms with E-state index in [9.17, 15) is 4.39 Å². The summed E-state index contributed by atoms with van der Waals surface area (Å²) in [5.74, 6) is 0.0452. The molecular weight excluding hydrogens is 255 g/mol. The topological polar surface area (TPSA) is 45.4 Å². The summed E-state index contributed by atoms with van der Waals surface area (Å²) in [6.07, 6.45) is 2.48. The van der Waals surface area contributed by atoms with E-state index >= 15 is 0 Å². The third-order valence-electron chi connectivity index (χ3n) is 3.12. The molecule has 0 bridgehead atoms. The second kappa shape index (κ2) is 6.31. The lowest BCUT2D eigenvalue weighted by Crippen LogP contribution is -2.34. The van der Waals surface area contributed by atoms with Gasteiger partial charge in [-0.1, -0.05) is 11.6 Å². The molecule has 1 aliphatic rings. The third-order valence-corrected chi connectivity index (χ3v) is 3.33. The van der Waals surface area contributed by atoms with Crippen molar-refractivity contribution in [3.05, 3.63) is 23.1 Å². The van der Waals surface area contributed by atoms with Crippen molar-refractivity contribution in [1.29, 1.82) is 0 Å². The molecule has 0 aromatic carbocycles. The Morgan fingerprint density at radius 3 is 2.89 bits per heavy atom. The highest BCUT2D eigenvalue weighted by Crippen LogP contribution is 2.20. The molecule has 2 heterocycles. The lowest BCUT2D eigenvalue weighted by Gasteiger charge is -2.22. The van der Waals surface area contributed by atoms with Crippen molar-refractivity contribution in [1.82, 2.24) is 9.88 Å². The van der Waals surface area contributed by atoms with E-state index in [1.54, 1.807) is 0 Å². The molecule has 0 unspecified atom stereocenters. The zero-order chi connectivity index (χ0) is 13.0. The molecule has 1 aromatic heterocycles. The van der Waals surface area contributed by atoms with E-state index in [4.69, 9.17) is 17.3 Å². The van der Waals surface area contributed by atoms with Crippen LogP contribution in [0.1, 0.15) is 6.42 Å². The number of aromatic nitrogens is 1. The Kier molecular flexibility index (Phi) is 4.74. The van der Waals surface area contributed by atoms with Crippen molar-refractivity contribution < 1.29 is 4.39 Å². The summed E-state index contributed by atoms with van der Waals surface area (Å²) in [5, 5.41) is 0.329. The van der Waals surface area contributed by atoms with E-state index < -0.39 is 0 Å². The predicted molar refractivity (Wildman–Crippen MR) is 71.5 cm³/mol. The predicted octanol–water partition coefficient (Wildman–Crippen LogP) is 1.34. The molecule has 0 radical (unpaired) electrons. The van der Waals surface area contributed by atoms with Gasteiger partial charge in [0.15, 0.2) is 11.6 Å². The number of halogens is 2. The standard InChI is InChI=1S/C12H18ClFN4/c13-10-8-11(14)12(16-9-10)18-4-1-3-17(5-2-15)6-7-18/h8-9H,1-7,15H2. The highest BCUT2D eigenvalue weighted by molar-refractivity contribution is 6.30. The van der Waals surface area contributed by atoms with Gasteiger partial charge in [0.1, 0.15) is 0 Å². The second-order valence-corrected chi connectivity index (χ2v) is 4.87. The van der Waals surface area contributed by atoms with Crippen LogP contribution in [0.15, 0.2) is 12.3 Å². The Morgan fingerprint density at radius 2 is 2.17 bits per heavy atom. The Bertz CT molecular complexity index is 402. The fourth-order valence-corrected chi connectivity index (χ4v) is 2.37. The number of pyridine rings is 1. The molecular formula is C12H18ClFN4. The molecule has 0 aliphatic carbocycles. The normalized spacial score (nSPS) is 17.8. The molecule has 1 saturated heterocycles. The van der Waals surface area contributed by atoms with E-state index in [0.717, 1.165) is 39.1 Å². The molecule has 4 nitrogen and oxygen atoms in total. The van der Waals surface area contributed by atoms with Gasteiger partial charge in [-0.2, -0.15) is 0 Å². The fourth-order valence-electron chi connectivity index (χ4n) is 2.23. The highest BCUT2D eigenvalue weighted by Gasteiger charge is 2.18. The van der Waals surface area contributed by atoms with E-state index in [1.807, 2.05) is 4.90 Å². The van der Waals surface area contributed by atoms with Crippen LogP contribution in [0.3, 0.4) is 0 Å². The van der Waals surface area contributed by atoms with E-state index in [2.05, 4.69) is 9.88 Å². The minimum Gasteiger partial charge on any atom is -0.353 e. The first kappa shape index (κ1) is 13.5. The van der Waals surface area contributed by atoms with Gasteiger partial charge in [0, 0.05) is 38.9 Å². The number of nitrogens with zero attached hydrogens (tertiary/aromatic N) is 3. The number of hydrogen-bond acceptors (Lipinski definition) is 4. The van der Waals surface area contributed by atoms with Crippen molar-refractivity contribution >= 4 is 17.4 Å². The van der Waals surface area contributed by atoms with Crippen LogP contribution in [-0.4, -0.2) is 49.2 Å². The molecule has 18 heavy (non-hydrogen) atoms. The van der Waals surface area contributed by atoms with E-state index in [0.29, 0.717) is 17.4 Å². The van der Waals surface area contributed by atoms with Gasteiger partial charge >= 0.3 is 0 Å². The molecule has 0 spiro atoms. The Hall–Kier alpha value is -0.910. The maximum atomic E-state index is 13.8. The average molecular weight is 273 g/mol. The fraction of sp³-hybridized carbons (Fsp3) is 0.583. The lowest BCUT2D eigenvalue weighted by molar-refractivity contribution is 0.302. The van der Waals surface area contributed by atoms with Crippen LogP contribution in [0.2, 0.25) is 5.02 Å². The van der Waals surface area contributed by atoms with Crippen LogP contribution in [-0.2, 0) is 0 Å². The molecule has 0 saturated carbocycles. The maximum absolute atomic E-state index is 13.8. The molecule has 1 aliphatic heterocycles. The van der Waals surface area contributed by atoms with Crippen molar-refractivity contribution in [2.45, 2.75) is 6.42 Å². The molecule has 1 aromatic rings. The van der Waals surface area contributed by atoms with Gasteiger partial charge in [-0.05, 0) is 19.0 Å². The van der Waals surface area contributed by atoms with Crippen molar-refractivity contribution in [3.8, 4) is 0 Å². The zero-order valence-electron chi connectivity index (χ0n) is 10.3. The Labute approximate surface area is 112 Å². The van der Waals surface area contributed by atoms with Crippen LogP contribution < -0.4 is 10.6 Å². The van der Waals surface area contributed by atoms with Crippen LogP contribution in [0.25, 0.3) is 0 Å². The van der Waals surface area contributed by atoms with Gasteiger partial charge in [-0.15, -0.1) is 0 Å². The van der Waals surface area contributed by atoms with Gasteiger partial charge in [0.05, 0.1) is 5.02 Å². The second-order valence-electron chi connectivity index (χ2n) is 4.43. The molecule has 0 amide bonds. The average Bonchev–Trinajstić information content (AvgIpc) is 2.55. The number of hydrogen-bond donors (Lipinski definition) is 1. The number of nitrogens with two attached hydrogens (primary N) is 1. The largest absolute Gasteiger partial charge is 0.353 e. The SMILES string of the molecule is NCCN1CCCN(c2ncc(Cl)cc2F)CC1. The minimum absolute atomic E-state index is 0.329. The van der Waals surface area contributed by atoms with Crippen molar-refractivity contribution in [3.63, 3.8) is 0 Å². The van der Waals surface area contributed by atoms with Crippen LogP contribution >= 0.6 is 11.6 Å². The monoisotopic (exact) mass is 272 g/mol. The number of rotatable bonds is 3. The first-order chi connectivity index (χ1) is 8.70. The first-order valence-electron chi connectivity index (χ1n) is 6.19. The molecule has 2 rings (SSSR count). The maximum Gasteiger partial charge on any atom is 0.167 e. The van der Waals surface area contributed by atoms with E-state index in [-0.39, 0.29) is 5.82 Å². The summed E-state index contributed by atoms with van der Waals surface area (Å²) in [4.78, 5) is 8.36. The summed E-state index contributed by atoms with van der Waals surface area (Å²) in [7, 11) is 0. The smallest absolute Gasteiger partial charge is 0.167 e. The highest BCUT2D eigenvalue weighted by atomic mass is 35.5. The molecule has 1 fully saturated rings. The Morgan fingerprint density at radius 1 is 1.33 bits per heavy atom. The molecule has 2 N–H and O–H groups in total. The third kappa shape index (κ3) is 3.31. The van der Waals surface area contributed by atoms with Crippen LogP contribution in [0, 0.1) is 5.82 Å². The minimum atomic E-state index is -0.352. The molecule has 6 heteroatoms. The quantitative estimate of drug-likeness (QED) is 0.902. The Balaban J connectivity index is 2.05. The summed E-state index contributed by atoms with van der Waals surface area (Å²) in [6, 6.07) is 1.31. The van der Waals surface area contributed by atoms with Gasteiger partial charge in [0.2, 0.25) is 0 Å². The van der Waals surface area contributed by atoms with E-state index in [1.165, 1.54) is 12.3 Å². The molecule has 0 atom stereocenters. The first-order valence-corrected chi connectivity index (χ1v) is 6.57. The lowest BCUT2D eigenvalue weighted by atomic mass is 10.3. The van der Waals surface area contributed by atoms with Gasteiger partial charge < -0.3 is 15.5 Å². The van der Waals surface area contributed by atoms with Crippen LogP contribution in [0.4, 0.5) is 10.2 Å². The van der Waals surface area contributed by atoms with Gasteiger partial charge in [0.25, 0.3) is 0 Å². The number of anilines is 1. The van der Waals surface area contributed by atoms with Gasteiger partial charge in [-0.3, -0.25) is 0 Å². The zero-order valence-corrected chi connectivity index (χ0v) is 11.0. The summed E-state index contributed by atoms with van der Waals surface area (Å²) in [6.45, 7) is 5.03. The summed E-state index contributed by atoms with van der Waals surface area (Å²) >= 11 is 5.71. The summed E-state index contributed by atoms with van der Waals surface area (Å²) < 4.78 is 13.8. The summed E-state index contributed by atoms with van der Waals surface area (Å²) in [5.41, 5.74) is 5.55. The van der Waals surface area contributed by atoms with Crippen molar-refractivity contribution in [2.75, 3.05) is 44.2 Å².